The number of aromatic amines is 2. The van der Waals surface area contributed by atoms with Gasteiger partial charge in [-0.2, -0.15) is 0 Å². The second kappa shape index (κ2) is 12.4. The molecule has 6 aromatic rings. The van der Waals surface area contributed by atoms with Crippen molar-refractivity contribution in [2.45, 2.75) is 6.42 Å². The number of nitrogens with one attached hydrogen (secondary N) is 2. The number of rotatable bonds is 8. The summed E-state index contributed by atoms with van der Waals surface area (Å²) in [7, 11) is 0. The number of H-pyrrole nitrogens is 2. The van der Waals surface area contributed by atoms with Gasteiger partial charge in [0, 0.05) is 31.9 Å². The smallest absolute Gasteiger partial charge is 0.322 e. The molecule has 2 N–H and O–H groups in total. The van der Waals surface area contributed by atoms with Crippen molar-refractivity contribution in [3.05, 3.63) is 128 Å². The highest BCUT2D eigenvalue weighted by molar-refractivity contribution is 6.36. The Balaban J connectivity index is 1.30. The van der Waals surface area contributed by atoms with Crippen molar-refractivity contribution in [1.29, 1.82) is 0 Å². The fourth-order valence-electron chi connectivity index (χ4n) is 4.80. The van der Waals surface area contributed by atoms with E-state index in [1.54, 1.807) is 72.8 Å². The summed E-state index contributed by atoms with van der Waals surface area (Å²) in [4.78, 5) is 59.1. The maximum absolute atomic E-state index is 13.5. The Kier molecular flexibility index (Phi) is 8.40. The summed E-state index contributed by atoms with van der Waals surface area (Å²) in [5, 5.41) is 1.90. The fourth-order valence-corrected chi connectivity index (χ4v) is 5.58. The number of aromatic nitrogens is 2. The van der Waals surface area contributed by atoms with Gasteiger partial charge in [-0.3, -0.25) is 19.2 Å². The normalized spacial score (nSPS) is 11.1. The van der Waals surface area contributed by atoms with Crippen molar-refractivity contribution in [3.8, 4) is 11.5 Å². The molecule has 0 saturated carbocycles. The van der Waals surface area contributed by atoms with Gasteiger partial charge in [0.05, 0.1) is 21.1 Å². The molecular formula is C33H18Cl4N2O6. The number of hydrogen-bond acceptors (Lipinski definition) is 6. The fraction of sp³-hybridized carbons (Fsp3) is 0.0303. The highest BCUT2D eigenvalue weighted by Crippen LogP contribution is 2.36. The Morgan fingerprint density at radius 1 is 0.556 bits per heavy atom. The number of carbonyl (C=O) groups excluding carboxylic acids is 4. The molecule has 2 aromatic heterocycles. The summed E-state index contributed by atoms with van der Waals surface area (Å²) in [6.45, 7) is 0. The van der Waals surface area contributed by atoms with E-state index in [0.29, 0.717) is 31.9 Å². The van der Waals surface area contributed by atoms with Gasteiger partial charge in [0.2, 0.25) is 11.6 Å². The average molecular weight is 680 g/mol. The molecule has 6 rings (SSSR count). The highest BCUT2D eigenvalue weighted by atomic mass is 35.5. The van der Waals surface area contributed by atoms with Crippen molar-refractivity contribution < 1.29 is 28.7 Å². The predicted molar refractivity (Wildman–Crippen MR) is 172 cm³/mol. The molecule has 12 heteroatoms. The van der Waals surface area contributed by atoms with Gasteiger partial charge in [-0.25, -0.2) is 0 Å². The Labute approximate surface area is 274 Å². The molecule has 4 aromatic carbocycles. The summed E-state index contributed by atoms with van der Waals surface area (Å²) in [6.07, 6.45) is -0.861. The van der Waals surface area contributed by atoms with Crippen molar-refractivity contribution >= 4 is 91.7 Å². The first-order valence-corrected chi connectivity index (χ1v) is 14.7. The van der Waals surface area contributed by atoms with Crippen LogP contribution in [-0.4, -0.2) is 33.5 Å². The van der Waals surface area contributed by atoms with Crippen molar-refractivity contribution in [2.75, 3.05) is 0 Å². The van der Waals surface area contributed by atoms with Crippen LogP contribution >= 0.6 is 46.4 Å². The molecule has 45 heavy (non-hydrogen) atoms. The first-order chi connectivity index (χ1) is 21.6. The number of ketones is 2. The van der Waals surface area contributed by atoms with Crippen LogP contribution in [0, 0.1) is 0 Å². The summed E-state index contributed by atoms with van der Waals surface area (Å²) in [5.74, 6) is -3.35. The second-order valence-electron chi connectivity index (χ2n) is 9.78. The Morgan fingerprint density at radius 3 is 1.36 bits per heavy atom. The van der Waals surface area contributed by atoms with Gasteiger partial charge in [-0.15, -0.1) is 0 Å². The van der Waals surface area contributed by atoms with Crippen LogP contribution in [0.5, 0.6) is 11.5 Å². The van der Waals surface area contributed by atoms with Crippen LogP contribution in [-0.2, 0) is 9.59 Å². The molecule has 0 aliphatic rings. The predicted octanol–water partition coefficient (Wildman–Crippen LogP) is 8.63. The van der Waals surface area contributed by atoms with Crippen LogP contribution in [0.3, 0.4) is 0 Å². The molecule has 0 aliphatic heterocycles. The third-order valence-corrected chi connectivity index (χ3v) is 7.97. The Morgan fingerprint density at radius 2 is 0.956 bits per heavy atom. The minimum absolute atomic E-state index is 0.0665. The molecule has 0 spiro atoms. The van der Waals surface area contributed by atoms with E-state index in [1.165, 1.54) is 12.1 Å². The standard InChI is InChI=1S/C33H18Cl4N2O6/c34-16-9-11-20-24(13-16)38-28(30(42)18-5-1-3-7-22(18)36)32(20)44-26(40)15-27(41)45-33-21-12-10-17(35)14-25(21)39-29(33)31(43)19-6-2-4-8-23(19)37/h1-14,38-39H,15H2. The molecule has 8 nitrogen and oxygen atoms in total. The molecule has 0 fully saturated rings. The Hall–Kier alpha value is -4.60. The first-order valence-electron chi connectivity index (χ1n) is 13.2. The number of benzene rings is 4. The lowest BCUT2D eigenvalue weighted by Crippen LogP contribution is -2.20. The van der Waals surface area contributed by atoms with Crippen molar-refractivity contribution in [2.24, 2.45) is 0 Å². The number of esters is 2. The van der Waals surface area contributed by atoms with E-state index >= 15 is 0 Å². The van der Waals surface area contributed by atoms with Gasteiger partial charge in [-0.1, -0.05) is 70.7 Å². The molecule has 2 heterocycles. The summed E-state index contributed by atoms with van der Waals surface area (Å²) >= 11 is 24.8. The number of halogens is 4. The SMILES string of the molecule is O=C(CC(=O)Oc1c(C(=O)c2ccccc2Cl)[nH]c2cc(Cl)ccc12)Oc1c(C(=O)c2ccccc2Cl)[nH]c2cc(Cl)ccc12. The van der Waals surface area contributed by atoms with Gasteiger partial charge in [0.25, 0.3) is 0 Å². The molecule has 0 bridgehead atoms. The molecule has 224 valence electrons. The Bertz CT molecular complexity index is 2030. The van der Waals surface area contributed by atoms with Crippen LogP contribution in [0.25, 0.3) is 21.8 Å². The first kappa shape index (κ1) is 30.4. The summed E-state index contributed by atoms with van der Waals surface area (Å²) in [5.41, 5.74) is 1.05. The quantitative estimate of drug-likeness (QED) is 0.0945. The number of fused-ring (bicyclic) bond motifs is 2. The second-order valence-corrected chi connectivity index (χ2v) is 11.5. The van der Waals surface area contributed by atoms with Crippen molar-refractivity contribution in [3.63, 3.8) is 0 Å². The highest BCUT2D eigenvalue weighted by Gasteiger charge is 2.28. The van der Waals surface area contributed by atoms with E-state index in [2.05, 4.69) is 9.97 Å². The van der Waals surface area contributed by atoms with Crippen LogP contribution in [0.2, 0.25) is 20.1 Å². The van der Waals surface area contributed by atoms with Crippen LogP contribution in [0.15, 0.2) is 84.9 Å². The van der Waals surface area contributed by atoms with E-state index in [9.17, 15) is 19.2 Å². The lowest BCUT2D eigenvalue weighted by atomic mass is 10.1. The van der Waals surface area contributed by atoms with Crippen LogP contribution < -0.4 is 9.47 Å². The maximum Gasteiger partial charge on any atom is 0.322 e. The lowest BCUT2D eigenvalue weighted by molar-refractivity contribution is -0.144. The van der Waals surface area contributed by atoms with E-state index in [4.69, 9.17) is 55.9 Å². The van der Waals surface area contributed by atoms with Gasteiger partial charge in [0.15, 0.2) is 11.5 Å². The van der Waals surface area contributed by atoms with E-state index in [0.717, 1.165) is 0 Å². The molecule has 0 radical (unpaired) electrons. The molecular weight excluding hydrogens is 662 g/mol. The zero-order valence-electron chi connectivity index (χ0n) is 22.8. The van der Waals surface area contributed by atoms with Gasteiger partial charge >= 0.3 is 11.9 Å². The molecule has 0 atom stereocenters. The topological polar surface area (TPSA) is 118 Å². The van der Waals surface area contributed by atoms with Gasteiger partial charge in [-0.05, 0) is 60.7 Å². The lowest BCUT2D eigenvalue weighted by Gasteiger charge is -2.09. The third kappa shape index (κ3) is 6.06. The number of hydrogen-bond donors (Lipinski definition) is 2. The summed E-state index contributed by atoms with van der Waals surface area (Å²) < 4.78 is 11.2. The molecule has 0 saturated heterocycles. The van der Waals surface area contributed by atoms with Crippen LogP contribution in [0.1, 0.15) is 38.5 Å². The molecule has 0 aliphatic carbocycles. The van der Waals surface area contributed by atoms with Crippen molar-refractivity contribution in [1.82, 2.24) is 9.97 Å². The zero-order valence-corrected chi connectivity index (χ0v) is 25.8. The average Bonchev–Trinajstić information content (AvgIpc) is 3.53. The van der Waals surface area contributed by atoms with E-state index in [1.807, 2.05) is 0 Å². The summed E-state index contributed by atoms with van der Waals surface area (Å²) in [6, 6.07) is 22.2. The maximum atomic E-state index is 13.5. The van der Waals surface area contributed by atoms with Gasteiger partial charge < -0.3 is 19.4 Å². The minimum Gasteiger partial charge on any atom is -0.423 e. The van der Waals surface area contributed by atoms with E-state index < -0.39 is 29.9 Å². The monoisotopic (exact) mass is 678 g/mol. The van der Waals surface area contributed by atoms with E-state index in [-0.39, 0.29) is 44.1 Å². The van der Waals surface area contributed by atoms with Gasteiger partial charge in [0.1, 0.15) is 17.8 Å². The number of ether oxygens (including phenoxy) is 2. The minimum atomic E-state index is -1.02. The largest absolute Gasteiger partial charge is 0.423 e. The molecule has 0 unspecified atom stereocenters. The zero-order chi connectivity index (χ0) is 31.8. The number of carbonyl (C=O) groups is 4. The molecule has 0 amide bonds. The third-order valence-electron chi connectivity index (χ3n) is 6.84. The van der Waals surface area contributed by atoms with Crippen LogP contribution in [0.4, 0.5) is 0 Å².